The van der Waals surface area contributed by atoms with Crippen LogP contribution in [0, 0.1) is 0 Å². The van der Waals surface area contributed by atoms with Crippen molar-refractivity contribution in [3.05, 3.63) is 34.9 Å². The lowest BCUT2D eigenvalue weighted by atomic mass is 9.82. The maximum atomic E-state index is 10.9. The molecule has 0 radical (unpaired) electrons. The number of rotatable bonds is 2. The lowest BCUT2D eigenvalue weighted by Gasteiger charge is -2.37. The summed E-state index contributed by atoms with van der Waals surface area (Å²) in [4.78, 5) is 0. The van der Waals surface area contributed by atoms with Crippen LogP contribution in [0.2, 0.25) is 0 Å². The van der Waals surface area contributed by atoms with Crippen LogP contribution in [-0.4, -0.2) is 22.8 Å². The fraction of sp³-hybridized carbons (Fsp3) is 0.647. The van der Waals surface area contributed by atoms with Gasteiger partial charge in [0, 0.05) is 18.5 Å². The van der Waals surface area contributed by atoms with Gasteiger partial charge in [-0.1, -0.05) is 18.2 Å². The highest BCUT2D eigenvalue weighted by Gasteiger charge is 2.42. The van der Waals surface area contributed by atoms with Gasteiger partial charge in [0.05, 0.1) is 5.60 Å². The molecular weight excluding hydrogens is 234 g/mol. The van der Waals surface area contributed by atoms with E-state index in [0.717, 1.165) is 19.3 Å². The van der Waals surface area contributed by atoms with Crippen LogP contribution in [-0.2, 0) is 19.3 Å². The summed E-state index contributed by atoms with van der Waals surface area (Å²) < 4.78 is 0. The molecule has 2 N–H and O–H groups in total. The third kappa shape index (κ3) is 2.21. The van der Waals surface area contributed by atoms with Crippen molar-refractivity contribution in [2.24, 2.45) is 0 Å². The molecule has 2 atom stereocenters. The molecule has 2 bridgehead atoms. The van der Waals surface area contributed by atoms with Crippen LogP contribution in [0.15, 0.2) is 18.2 Å². The first-order chi connectivity index (χ1) is 9.20. The summed E-state index contributed by atoms with van der Waals surface area (Å²) in [7, 11) is 0. The Morgan fingerprint density at radius 1 is 1.11 bits per heavy atom. The van der Waals surface area contributed by atoms with Crippen LogP contribution in [0.1, 0.15) is 48.8 Å². The quantitative estimate of drug-likeness (QED) is 0.852. The zero-order valence-corrected chi connectivity index (χ0v) is 11.5. The topological polar surface area (TPSA) is 32.3 Å². The van der Waals surface area contributed by atoms with Crippen LogP contribution in [0.5, 0.6) is 0 Å². The highest BCUT2D eigenvalue weighted by molar-refractivity contribution is 5.36. The summed E-state index contributed by atoms with van der Waals surface area (Å²) in [6, 6.07) is 7.99. The fourth-order valence-electron chi connectivity index (χ4n) is 4.48. The second-order valence-electron chi connectivity index (χ2n) is 6.90. The lowest BCUT2D eigenvalue weighted by Crippen LogP contribution is -2.49. The van der Waals surface area contributed by atoms with E-state index >= 15 is 0 Å². The largest absolute Gasteiger partial charge is 0.389 e. The van der Waals surface area contributed by atoms with E-state index in [1.807, 2.05) is 0 Å². The van der Waals surface area contributed by atoms with Crippen LogP contribution in [0.3, 0.4) is 0 Å². The van der Waals surface area contributed by atoms with Gasteiger partial charge in [0.2, 0.25) is 0 Å². The summed E-state index contributed by atoms with van der Waals surface area (Å²) in [6.45, 7) is 0. The number of fused-ring (bicyclic) bond motifs is 3. The minimum absolute atomic E-state index is 0.468. The Balaban J connectivity index is 1.54. The smallest absolute Gasteiger partial charge is 0.0717 e. The fourth-order valence-corrected chi connectivity index (χ4v) is 4.48. The normalized spacial score (nSPS) is 36.5. The Morgan fingerprint density at radius 3 is 2.63 bits per heavy atom. The number of hydrogen-bond donors (Lipinski definition) is 2. The average molecular weight is 257 g/mol. The van der Waals surface area contributed by atoms with Gasteiger partial charge >= 0.3 is 0 Å². The van der Waals surface area contributed by atoms with Gasteiger partial charge in [0.1, 0.15) is 0 Å². The van der Waals surface area contributed by atoms with Crippen molar-refractivity contribution in [3.63, 3.8) is 0 Å². The Kier molecular flexibility index (Phi) is 2.71. The van der Waals surface area contributed by atoms with Gasteiger partial charge in [-0.15, -0.1) is 0 Å². The summed E-state index contributed by atoms with van der Waals surface area (Å²) in [5.41, 5.74) is 3.92. The molecule has 2 heteroatoms. The molecule has 1 aromatic rings. The van der Waals surface area contributed by atoms with E-state index in [4.69, 9.17) is 0 Å². The third-order valence-corrected chi connectivity index (χ3v) is 5.28. The summed E-state index contributed by atoms with van der Waals surface area (Å²) in [5.74, 6) is 0. The molecule has 2 aliphatic heterocycles. The van der Waals surface area contributed by atoms with Gasteiger partial charge < -0.3 is 10.4 Å². The number of aliphatic hydroxyl groups is 1. The third-order valence-electron chi connectivity index (χ3n) is 5.28. The first kappa shape index (κ1) is 11.9. The van der Waals surface area contributed by atoms with Gasteiger partial charge in [-0.25, -0.2) is 0 Å². The van der Waals surface area contributed by atoms with Crippen LogP contribution >= 0.6 is 0 Å². The number of nitrogens with one attached hydrogen (secondary N) is 1. The van der Waals surface area contributed by atoms with E-state index in [9.17, 15) is 5.11 Å². The van der Waals surface area contributed by atoms with Crippen molar-refractivity contribution in [2.75, 3.05) is 0 Å². The summed E-state index contributed by atoms with van der Waals surface area (Å²) >= 11 is 0. The summed E-state index contributed by atoms with van der Waals surface area (Å²) in [5, 5.41) is 14.5. The predicted octanol–water partition coefficient (Wildman–Crippen LogP) is 2.36. The first-order valence-corrected chi connectivity index (χ1v) is 7.79. The van der Waals surface area contributed by atoms with Crippen molar-refractivity contribution in [1.29, 1.82) is 0 Å². The predicted molar refractivity (Wildman–Crippen MR) is 76.3 cm³/mol. The standard InChI is InChI=1S/C17H23NO/c19-17(10-15-6-7-16(11-17)18-15)9-12-4-5-13-2-1-3-14(13)8-12/h4-5,8,15-16,18-19H,1-3,6-7,9-11H2. The molecule has 1 aliphatic carbocycles. The van der Waals surface area contributed by atoms with Crippen LogP contribution in [0.25, 0.3) is 0 Å². The highest BCUT2D eigenvalue weighted by Crippen LogP contribution is 2.36. The minimum Gasteiger partial charge on any atom is -0.389 e. The zero-order valence-electron chi connectivity index (χ0n) is 11.5. The molecule has 2 nitrogen and oxygen atoms in total. The molecule has 102 valence electrons. The molecule has 3 aliphatic rings. The summed E-state index contributed by atoms with van der Waals surface area (Å²) in [6.07, 6.45) is 8.98. The molecule has 0 saturated carbocycles. The van der Waals surface area contributed by atoms with E-state index < -0.39 is 5.60 Å². The number of hydrogen-bond acceptors (Lipinski definition) is 2. The van der Waals surface area contributed by atoms with Crippen molar-refractivity contribution in [2.45, 2.75) is 69.1 Å². The molecule has 19 heavy (non-hydrogen) atoms. The highest BCUT2D eigenvalue weighted by atomic mass is 16.3. The van der Waals surface area contributed by atoms with E-state index in [-0.39, 0.29) is 0 Å². The maximum Gasteiger partial charge on any atom is 0.0717 e. The van der Waals surface area contributed by atoms with Crippen molar-refractivity contribution in [1.82, 2.24) is 5.32 Å². The average Bonchev–Trinajstić information content (AvgIpc) is 2.95. The molecule has 4 rings (SSSR count). The molecule has 2 unspecified atom stereocenters. The molecule has 2 saturated heterocycles. The van der Waals surface area contributed by atoms with Gasteiger partial charge in [-0.05, 0) is 61.6 Å². The zero-order chi connectivity index (χ0) is 12.9. The second kappa shape index (κ2) is 4.32. The van der Waals surface area contributed by atoms with Crippen LogP contribution in [0.4, 0.5) is 0 Å². The number of aryl methyl sites for hydroxylation is 2. The van der Waals surface area contributed by atoms with Gasteiger partial charge in [0.15, 0.2) is 0 Å². The van der Waals surface area contributed by atoms with E-state index in [1.54, 1.807) is 0 Å². The second-order valence-corrected chi connectivity index (χ2v) is 6.90. The molecule has 0 aromatic heterocycles. The Bertz CT molecular complexity index is 484. The monoisotopic (exact) mass is 257 g/mol. The van der Waals surface area contributed by atoms with E-state index in [1.165, 1.54) is 48.8 Å². The van der Waals surface area contributed by atoms with E-state index in [2.05, 4.69) is 23.5 Å². The molecular formula is C17H23NO. The molecule has 2 heterocycles. The minimum atomic E-state index is -0.468. The van der Waals surface area contributed by atoms with Crippen molar-refractivity contribution in [3.8, 4) is 0 Å². The molecule has 2 fully saturated rings. The van der Waals surface area contributed by atoms with Gasteiger partial charge in [-0.2, -0.15) is 0 Å². The van der Waals surface area contributed by atoms with Gasteiger partial charge in [-0.3, -0.25) is 0 Å². The lowest BCUT2D eigenvalue weighted by molar-refractivity contribution is -0.00609. The number of benzene rings is 1. The molecule has 0 amide bonds. The Morgan fingerprint density at radius 2 is 1.84 bits per heavy atom. The van der Waals surface area contributed by atoms with Crippen molar-refractivity contribution < 1.29 is 5.11 Å². The molecule has 0 spiro atoms. The SMILES string of the molecule is OC1(Cc2ccc3c(c2)CCC3)CC2CCC(C1)N2. The van der Waals surface area contributed by atoms with Crippen molar-refractivity contribution >= 4 is 0 Å². The first-order valence-electron chi connectivity index (χ1n) is 7.79. The molecule has 1 aromatic carbocycles. The Hall–Kier alpha value is -0.860. The van der Waals surface area contributed by atoms with E-state index in [0.29, 0.717) is 12.1 Å². The van der Waals surface area contributed by atoms with Crippen LogP contribution < -0.4 is 5.32 Å². The Labute approximate surface area is 115 Å². The maximum absolute atomic E-state index is 10.9. The van der Waals surface area contributed by atoms with Gasteiger partial charge in [0.25, 0.3) is 0 Å². The number of piperidine rings is 1.